The van der Waals surface area contributed by atoms with Gasteiger partial charge in [0.2, 0.25) is 5.91 Å². The lowest BCUT2D eigenvalue weighted by Crippen LogP contribution is -2.46. The van der Waals surface area contributed by atoms with E-state index in [1.54, 1.807) is 0 Å². The molecular formula is C13H23ClN4O. The molecule has 1 fully saturated rings. The lowest BCUT2D eigenvalue weighted by atomic mass is 10.0. The van der Waals surface area contributed by atoms with E-state index in [4.69, 9.17) is 0 Å². The molecule has 19 heavy (non-hydrogen) atoms. The molecular weight excluding hydrogens is 264 g/mol. The summed E-state index contributed by atoms with van der Waals surface area (Å²) in [5, 5.41) is 10.6. The zero-order chi connectivity index (χ0) is 13.1. The standard InChI is InChI=1S/C13H22N4O.ClH/c1-9-11(10(2)17(3)16-9)8-15-13(18)12-6-4-5-7-14-12;/h12,14H,4-8H2,1-3H3,(H,15,18);1H. The highest BCUT2D eigenvalue weighted by Crippen LogP contribution is 2.12. The molecule has 1 amide bonds. The van der Waals surface area contributed by atoms with Crippen LogP contribution in [0.2, 0.25) is 0 Å². The molecule has 0 aromatic carbocycles. The van der Waals surface area contributed by atoms with Crippen molar-refractivity contribution in [3.8, 4) is 0 Å². The van der Waals surface area contributed by atoms with Crippen molar-refractivity contribution in [1.82, 2.24) is 20.4 Å². The van der Waals surface area contributed by atoms with E-state index in [-0.39, 0.29) is 24.4 Å². The fourth-order valence-electron chi connectivity index (χ4n) is 2.45. The number of halogens is 1. The Morgan fingerprint density at radius 3 is 2.74 bits per heavy atom. The molecule has 0 bridgehead atoms. The number of amides is 1. The van der Waals surface area contributed by atoms with E-state index in [2.05, 4.69) is 15.7 Å². The number of carbonyl (C=O) groups is 1. The molecule has 5 nitrogen and oxygen atoms in total. The molecule has 1 aliphatic rings. The molecule has 0 saturated carbocycles. The van der Waals surface area contributed by atoms with Gasteiger partial charge in [-0.25, -0.2) is 0 Å². The number of carbonyl (C=O) groups excluding carboxylic acids is 1. The van der Waals surface area contributed by atoms with Crippen LogP contribution in [-0.4, -0.2) is 28.3 Å². The second kappa shape index (κ2) is 6.91. The first-order valence-corrected chi connectivity index (χ1v) is 6.59. The SMILES string of the molecule is Cc1nn(C)c(C)c1CNC(=O)C1CCCCN1.Cl. The van der Waals surface area contributed by atoms with E-state index in [9.17, 15) is 4.79 Å². The van der Waals surface area contributed by atoms with Crippen LogP contribution in [0.15, 0.2) is 0 Å². The van der Waals surface area contributed by atoms with Gasteiger partial charge in [0.15, 0.2) is 0 Å². The van der Waals surface area contributed by atoms with Crippen LogP contribution in [0.25, 0.3) is 0 Å². The largest absolute Gasteiger partial charge is 0.351 e. The topological polar surface area (TPSA) is 59.0 Å². The third-order valence-electron chi connectivity index (χ3n) is 3.73. The molecule has 0 radical (unpaired) electrons. The van der Waals surface area contributed by atoms with Crippen LogP contribution in [0.4, 0.5) is 0 Å². The van der Waals surface area contributed by atoms with Crippen molar-refractivity contribution in [1.29, 1.82) is 0 Å². The molecule has 2 heterocycles. The Bertz CT molecular complexity index is 438. The van der Waals surface area contributed by atoms with Crippen molar-refractivity contribution in [2.24, 2.45) is 7.05 Å². The fourth-order valence-corrected chi connectivity index (χ4v) is 2.45. The quantitative estimate of drug-likeness (QED) is 0.878. The second-order valence-corrected chi connectivity index (χ2v) is 4.99. The molecule has 6 heteroatoms. The van der Waals surface area contributed by atoms with Gasteiger partial charge in [0, 0.05) is 24.8 Å². The maximum Gasteiger partial charge on any atom is 0.237 e. The minimum atomic E-state index is -0.0176. The van der Waals surface area contributed by atoms with Gasteiger partial charge in [-0.3, -0.25) is 9.48 Å². The van der Waals surface area contributed by atoms with Gasteiger partial charge in [0.25, 0.3) is 0 Å². The van der Waals surface area contributed by atoms with Gasteiger partial charge >= 0.3 is 0 Å². The molecule has 1 unspecified atom stereocenters. The summed E-state index contributed by atoms with van der Waals surface area (Å²) >= 11 is 0. The lowest BCUT2D eigenvalue weighted by molar-refractivity contribution is -0.123. The predicted molar refractivity (Wildman–Crippen MR) is 77.4 cm³/mol. The van der Waals surface area contributed by atoms with Gasteiger partial charge in [0.05, 0.1) is 11.7 Å². The monoisotopic (exact) mass is 286 g/mol. The summed E-state index contributed by atoms with van der Waals surface area (Å²) in [6.45, 7) is 5.53. The van der Waals surface area contributed by atoms with Crippen molar-refractivity contribution >= 4 is 18.3 Å². The maximum atomic E-state index is 12.0. The third kappa shape index (κ3) is 3.70. The van der Waals surface area contributed by atoms with Gasteiger partial charge in [-0.2, -0.15) is 5.10 Å². The first-order valence-electron chi connectivity index (χ1n) is 6.59. The van der Waals surface area contributed by atoms with E-state index in [0.29, 0.717) is 6.54 Å². The summed E-state index contributed by atoms with van der Waals surface area (Å²) in [4.78, 5) is 12.0. The van der Waals surface area contributed by atoms with Crippen LogP contribution >= 0.6 is 12.4 Å². The van der Waals surface area contributed by atoms with E-state index in [0.717, 1.165) is 36.3 Å². The highest BCUT2D eigenvalue weighted by Gasteiger charge is 2.20. The van der Waals surface area contributed by atoms with Gasteiger partial charge in [-0.15, -0.1) is 12.4 Å². The zero-order valence-electron chi connectivity index (χ0n) is 11.8. The minimum absolute atomic E-state index is 0. The number of nitrogens with zero attached hydrogens (tertiary/aromatic N) is 2. The number of piperidine rings is 1. The van der Waals surface area contributed by atoms with Gasteiger partial charge in [-0.1, -0.05) is 6.42 Å². The first-order chi connectivity index (χ1) is 8.59. The number of hydrogen-bond donors (Lipinski definition) is 2. The Balaban J connectivity index is 0.00000180. The smallest absolute Gasteiger partial charge is 0.237 e. The first kappa shape index (κ1) is 16.0. The Hall–Kier alpha value is -1.07. The summed E-state index contributed by atoms with van der Waals surface area (Å²) in [6, 6.07) is -0.0176. The molecule has 1 aromatic heterocycles. The minimum Gasteiger partial charge on any atom is -0.351 e. The number of rotatable bonds is 3. The van der Waals surface area contributed by atoms with E-state index in [1.807, 2.05) is 25.6 Å². The summed E-state index contributed by atoms with van der Waals surface area (Å²) in [5.41, 5.74) is 3.23. The molecule has 1 aromatic rings. The van der Waals surface area contributed by atoms with Crippen molar-refractivity contribution < 1.29 is 4.79 Å². The average Bonchev–Trinajstić information content (AvgIpc) is 2.62. The zero-order valence-corrected chi connectivity index (χ0v) is 12.6. The van der Waals surface area contributed by atoms with Crippen LogP contribution in [0.3, 0.4) is 0 Å². The van der Waals surface area contributed by atoms with E-state index >= 15 is 0 Å². The lowest BCUT2D eigenvalue weighted by Gasteiger charge is -2.22. The average molecular weight is 287 g/mol. The Morgan fingerprint density at radius 1 is 1.47 bits per heavy atom. The summed E-state index contributed by atoms with van der Waals surface area (Å²) in [5.74, 6) is 0.109. The van der Waals surface area contributed by atoms with Crippen molar-refractivity contribution in [2.75, 3.05) is 6.54 Å². The summed E-state index contributed by atoms with van der Waals surface area (Å²) in [6.07, 6.45) is 3.25. The van der Waals surface area contributed by atoms with Crippen molar-refractivity contribution in [3.05, 3.63) is 17.0 Å². The molecule has 2 rings (SSSR count). The number of nitrogens with one attached hydrogen (secondary N) is 2. The summed E-state index contributed by atoms with van der Waals surface area (Å²) in [7, 11) is 1.93. The van der Waals surface area contributed by atoms with Gasteiger partial charge in [-0.05, 0) is 33.2 Å². The maximum absolute atomic E-state index is 12.0. The molecule has 0 aliphatic carbocycles. The molecule has 2 N–H and O–H groups in total. The Morgan fingerprint density at radius 2 is 2.21 bits per heavy atom. The third-order valence-corrected chi connectivity index (χ3v) is 3.73. The summed E-state index contributed by atoms with van der Waals surface area (Å²) < 4.78 is 1.86. The Labute approximate surface area is 120 Å². The molecule has 0 spiro atoms. The van der Waals surface area contributed by atoms with E-state index in [1.165, 1.54) is 6.42 Å². The van der Waals surface area contributed by atoms with Crippen molar-refractivity contribution in [3.63, 3.8) is 0 Å². The van der Waals surface area contributed by atoms with Crippen LogP contribution in [0, 0.1) is 13.8 Å². The molecule has 108 valence electrons. The van der Waals surface area contributed by atoms with Crippen LogP contribution in [0.1, 0.15) is 36.2 Å². The van der Waals surface area contributed by atoms with Crippen LogP contribution < -0.4 is 10.6 Å². The number of aromatic nitrogens is 2. The molecule has 1 atom stereocenters. The number of aryl methyl sites for hydroxylation is 2. The predicted octanol–water partition coefficient (Wildman–Crippen LogP) is 1.22. The Kier molecular flexibility index (Phi) is 5.82. The van der Waals surface area contributed by atoms with Crippen LogP contribution in [-0.2, 0) is 18.4 Å². The highest BCUT2D eigenvalue weighted by molar-refractivity contribution is 5.85. The van der Waals surface area contributed by atoms with Gasteiger partial charge < -0.3 is 10.6 Å². The highest BCUT2D eigenvalue weighted by atomic mass is 35.5. The van der Waals surface area contributed by atoms with Crippen molar-refractivity contribution in [2.45, 2.75) is 45.7 Å². The fraction of sp³-hybridized carbons (Fsp3) is 0.692. The molecule has 1 saturated heterocycles. The molecule has 1 aliphatic heterocycles. The van der Waals surface area contributed by atoms with Crippen LogP contribution in [0.5, 0.6) is 0 Å². The number of hydrogen-bond acceptors (Lipinski definition) is 3. The van der Waals surface area contributed by atoms with E-state index < -0.39 is 0 Å². The normalized spacial score (nSPS) is 18.8. The second-order valence-electron chi connectivity index (χ2n) is 4.99. The van der Waals surface area contributed by atoms with Gasteiger partial charge in [0.1, 0.15) is 0 Å².